The maximum Gasteiger partial charge on any atom is 0.262 e. The van der Waals surface area contributed by atoms with Gasteiger partial charge < -0.3 is 19.2 Å². The van der Waals surface area contributed by atoms with Gasteiger partial charge in [-0.15, -0.1) is 0 Å². The van der Waals surface area contributed by atoms with E-state index >= 15 is 0 Å². The molecule has 0 fully saturated rings. The highest BCUT2D eigenvalue weighted by Gasteiger charge is 2.21. The van der Waals surface area contributed by atoms with Gasteiger partial charge in [0.25, 0.3) is 5.91 Å². The highest BCUT2D eigenvalue weighted by molar-refractivity contribution is 6.38. The lowest BCUT2D eigenvalue weighted by molar-refractivity contribution is -0.118. The zero-order valence-electron chi connectivity index (χ0n) is 18.1. The molecule has 0 atom stereocenters. The Morgan fingerprint density at radius 1 is 1.00 bits per heavy atom. The average Bonchev–Trinajstić information content (AvgIpc) is 2.79. The van der Waals surface area contributed by atoms with Crippen LogP contribution in [0.15, 0.2) is 63.8 Å². The standard InChI is InChI=1S/C25H18Cl3NO5/c1-13-3-5-14(6-4-13)23-25(22(31)17-9-16(27)10-18(28)24(17)34-23)33-12-21(30)29-19-11-15(26)7-8-20(19)32-2/h3-11H,12H2,1-2H3,(H,29,30). The summed E-state index contributed by atoms with van der Waals surface area (Å²) in [5.74, 6) is -0.0932. The van der Waals surface area contributed by atoms with E-state index in [0.29, 0.717) is 22.0 Å². The predicted molar refractivity (Wildman–Crippen MR) is 135 cm³/mol. The molecule has 6 nitrogen and oxygen atoms in total. The minimum Gasteiger partial charge on any atom is -0.495 e. The lowest BCUT2D eigenvalue weighted by atomic mass is 10.1. The van der Waals surface area contributed by atoms with Crippen LogP contribution in [0.5, 0.6) is 11.5 Å². The van der Waals surface area contributed by atoms with Gasteiger partial charge in [0.15, 0.2) is 18.0 Å². The van der Waals surface area contributed by atoms with Crippen LogP contribution in [0.25, 0.3) is 22.3 Å². The molecule has 1 N–H and O–H groups in total. The number of amides is 1. The van der Waals surface area contributed by atoms with Crippen LogP contribution < -0.4 is 20.2 Å². The monoisotopic (exact) mass is 517 g/mol. The van der Waals surface area contributed by atoms with Crippen LogP contribution >= 0.6 is 34.8 Å². The topological polar surface area (TPSA) is 77.8 Å². The summed E-state index contributed by atoms with van der Waals surface area (Å²) in [6, 6.07) is 15.0. The Labute approximate surface area is 210 Å². The number of halogens is 3. The number of benzene rings is 3. The molecule has 174 valence electrons. The number of nitrogens with one attached hydrogen (secondary N) is 1. The van der Waals surface area contributed by atoms with Crippen molar-refractivity contribution >= 4 is 57.4 Å². The average molecular weight is 519 g/mol. The van der Waals surface area contributed by atoms with E-state index in [1.54, 1.807) is 30.3 Å². The number of ether oxygens (including phenoxy) is 2. The molecule has 4 rings (SSSR count). The maximum atomic E-state index is 13.3. The molecule has 0 aliphatic heterocycles. The molecule has 9 heteroatoms. The van der Waals surface area contributed by atoms with Crippen LogP contribution in [0.1, 0.15) is 5.56 Å². The van der Waals surface area contributed by atoms with E-state index in [1.165, 1.54) is 19.2 Å². The minimum atomic E-state index is -0.529. The molecule has 0 aliphatic carbocycles. The zero-order valence-corrected chi connectivity index (χ0v) is 20.3. The van der Waals surface area contributed by atoms with Crippen molar-refractivity contribution in [3.63, 3.8) is 0 Å². The van der Waals surface area contributed by atoms with Gasteiger partial charge in [-0.25, -0.2) is 0 Å². The van der Waals surface area contributed by atoms with E-state index in [2.05, 4.69) is 5.32 Å². The zero-order chi connectivity index (χ0) is 24.4. The van der Waals surface area contributed by atoms with Gasteiger partial charge in [-0.3, -0.25) is 9.59 Å². The van der Waals surface area contributed by atoms with Gasteiger partial charge >= 0.3 is 0 Å². The molecule has 0 saturated heterocycles. The third-order valence-electron chi connectivity index (χ3n) is 4.97. The number of fused-ring (bicyclic) bond motifs is 1. The summed E-state index contributed by atoms with van der Waals surface area (Å²) in [6.07, 6.45) is 0. The molecule has 1 heterocycles. The van der Waals surface area contributed by atoms with Gasteiger partial charge in [0.05, 0.1) is 23.2 Å². The first kappa shape index (κ1) is 24.0. The predicted octanol–water partition coefficient (Wildman–Crippen LogP) is 6.75. The number of hydrogen-bond acceptors (Lipinski definition) is 5. The van der Waals surface area contributed by atoms with E-state index in [4.69, 9.17) is 48.7 Å². The normalized spacial score (nSPS) is 10.9. The molecule has 1 amide bonds. The fourth-order valence-electron chi connectivity index (χ4n) is 3.33. The number of carbonyl (C=O) groups excluding carboxylic acids is 1. The molecule has 0 radical (unpaired) electrons. The van der Waals surface area contributed by atoms with Gasteiger partial charge in [0.2, 0.25) is 11.2 Å². The van der Waals surface area contributed by atoms with E-state index in [1.807, 2.05) is 19.1 Å². The van der Waals surface area contributed by atoms with Crippen molar-refractivity contribution in [2.24, 2.45) is 0 Å². The molecule has 34 heavy (non-hydrogen) atoms. The Hall–Kier alpha value is -3.19. The number of methoxy groups -OCH3 is 1. The van der Waals surface area contributed by atoms with Crippen molar-refractivity contribution in [1.82, 2.24) is 0 Å². The minimum absolute atomic E-state index is 0.136. The van der Waals surface area contributed by atoms with Crippen LogP contribution in [0.3, 0.4) is 0 Å². The maximum absolute atomic E-state index is 13.3. The Bertz CT molecular complexity index is 1450. The van der Waals surface area contributed by atoms with Gasteiger partial charge in [0.1, 0.15) is 5.75 Å². The van der Waals surface area contributed by atoms with Crippen molar-refractivity contribution in [3.8, 4) is 22.8 Å². The molecular formula is C25H18Cl3NO5. The smallest absolute Gasteiger partial charge is 0.262 e. The Morgan fingerprint density at radius 2 is 1.74 bits per heavy atom. The molecule has 3 aromatic carbocycles. The second kappa shape index (κ2) is 9.97. The summed E-state index contributed by atoms with van der Waals surface area (Å²) >= 11 is 18.4. The van der Waals surface area contributed by atoms with Crippen LogP contribution in [0, 0.1) is 6.92 Å². The van der Waals surface area contributed by atoms with Gasteiger partial charge in [0, 0.05) is 15.6 Å². The summed E-state index contributed by atoms with van der Waals surface area (Å²) in [7, 11) is 1.47. The molecule has 0 spiro atoms. The molecule has 0 unspecified atom stereocenters. The number of rotatable bonds is 6. The van der Waals surface area contributed by atoms with Crippen molar-refractivity contribution in [2.75, 3.05) is 19.0 Å². The second-order valence-corrected chi connectivity index (χ2v) is 8.68. The summed E-state index contributed by atoms with van der Waals surface area (Å²) in [5, 5.41) is 3.68. The highest BCUT2D eigenvalue weighted by Crippen LogP contribution is 2.35. The summed E-state index contributed by atoms with van der Waals surface area (Å²) in [6.45, 7) is 1.46. The Balaban J connectivity index is 1.72. The molecule has 0 bridgehead atoms. The second-order valence-electron chi connectivity index (χ2n) is 7.40. The van der Waals surface area contributed by atoms with Crippen LogP contribution in [0.4, 0.5) is 5.69 Å². The number of hydrogen-bond donors (Lipinski definition) is 1. The highest BCUT2D eigenvalue weighted by atomic mass is 35.5. The van der Waals surface area contributed by atoms with Crippen LogP contribution in [0.2, 0.25) is 15.1 Å². The molecule has 4 aromatic rings. The van der Waals surface area contributed by atoms with Crippen molar-refractivity contribution in [1.29, 1.82) is 0 Å². The molecular weight excluding hydrogens is 501 g/mol. The summed E-state index contributed by atoms with van der Waals surface area (Å²) < 4.78 is 16.9. The van der Waals surface area contributed by atoms with Gasteiger partial charge in [-0.1, -0.05) is 64.6 Å². The number of anilines is 1. The van der Waals surface area contributed by atoms with Crippen molar-refractivity contribution < 1.29 is 18.7 Å². The van der Waals surface area contributed by atoms with Crippen LogP contribution in [-0.2, 0) is 4.79 Å². The van der Waals surface area contributed by atoms with Gasteiger partial charge in [-0.2, -0.15) is 0 Å². The van der Waals surface area contributed by atoms with E-state index in [9.17, 15) is 9.59 Å². The summed E-state index contributed by atoms with van der Waals surface area (Å²) in [4.78, 5) is 26.0. The first-order chi connectivity index (χ1) is 16.3. The first-order valence-corrected chi connectivity index (χ1v) is 11.2. The summed E-state index contributed by atoms with van der Waals surface area (Å²) in [5.41, 5.74) is 1.64. The van der Waals surface area contributed by atoms with Gasteiger partial charge in [-0.05, 0) is 37.3 Å². The van der Waals surface area contributed by atoms with E-state index in [-0.39, 0.29) is 32.5 Å². The lowest BCUT2D eigenvalue weighted by Crippen LogP contribution is -2.23. The molecule has 1 aromatic heterocycles. The molecule has 0 saturated carbocycles. The van der Waals surface area contributed by atoms with Crippen LogP contribution in [-0.4, -0.2) is 19.6 Å². The van der Waals surface area contributed by atoms with Crippen molar-refractivity contribution in [2.45, 2.75) is 6.92 Å². The third-order valence-corrected chi connectivity index (χ3v) is 5.70. The quantitative estimate of drug-likeness (QED) is 0.305. The first-order valence-electron chi connectivity index (χ1n) is 10.1. The van der Waals surface area contributed by atoms with E-state index in [0.717, 1.165) is 5.56 Å². The fourth-order valence-corrected chi connectivity index (χ4v) is 4.04. The Kier molecular flexibility index (Phi) is 7.03. The third kappa shape index (κ3) is 4.99. The number of aryl methyl sites for hydroxylation is 1. The van der Waals surface area contributed by atoms with E-state index < -0.39 is 17.9 Å². The SMILES string of the molecule is COc1ccc(Cl)cc1NC(=O)COc1c(-c2ccc(C)cc2)oc2c(Cl)cc(Cl)cc2c1=O. The van der Waals surface area contributed by atoms with Crippen molar-refractivity contribution in [3.05, 3.63) is 85.5 Å². The fraction of sp³-hybridized carbons (Fsp3) is 0.120. The number of carbonyl (C=O) groups is 1. The lowest BCUT2D eigenvalue weighted by Gasteiger charge is -2.14. The molecule has 0 aliphatic rings. The largest absolute Gasteiger partial charge is 0.495 e. The Morgan fingerprint density at radius 3 is 2.44 bits per heavy atom.